The first kappa shape index (κ1) is 12.7. The van der Waals surface area contributed by atoms with Crippen LogP contribution in [0.15, 0.2) is 18.2 Å². The molecule has 1 aliphatic carbocycles. The minimum Gasteiger partial charge on any atom is -0.493 e. The Bertz CT molecular complexity index is 454. The highest BCUT2D eigenvalue weighted by Crippen LogP contribution is 2.35. The molecule has 0 radical (unpaired) electrons. The molecule has 0 bridgehead atoms. The van der Waals surface area contributed by atoms with E-state index in [0.717, 1.165) is 12.8 Å². The number of carbonyl (C=O) groups is 1. The lowest BCUT2D eigenvalue weighted by atomic mass is 10.2. The van der Waals surface area contributed by atoms with Crippen molar-refractivity contribution < 1.29 is 19.0 Å². The lowest BCUT2D eigenvalue weighted by molar-refractivity contribution is 0.0600. The van der Waals surface area contributed by atoms with Crippen LogP contribution in [0.25, 0.3) is 0 Å². The van der Waals surface area contributed by atoms with Gasteiger partial charge in [0.1, 0.15) is 6.61 Å². The maximum absolute atomic E-state index is 11.4. The van der Waals surface area contributed by atoms with E-state index in [9.17, 15) is 4.79 Å². The van der Waals surface area contributed by atoms with Crippen molar-refractivity contribution in [2.24, 2.45) is 5.73 Å². The Morgan fingerprint density at radius 1 is 1.33 bits per heavy atom. The third kappa shape index (κ3) is 2.73. The second-order valence-electron chi connectivity index (χ2n) is 4.51. The minimum atomic E-state index is -0.406. The third-order valence-electron chi connectivity index (χ3n) is 2.99. The van der Waals surface area contributed by atoms with Crippen molar-refractivity contribution in [3.63, 3.8) is 0 Å². The summed E-state index contributed by atoms with van der Waals surface area (Å²) in [5.41, 5.74) is 6.16. The van der Waals surface area contributed by atoms with Gasteiger partial charge < -0.3 is 19.9 Å². The maximum Gasteiger partial charge on any atom is 0.337 e. The van der Waals surface area contributed by atoms with Gasteiger partial charge in [0.25, 0.3) is 0 Å². The van der Waals surface area contributed by atoms with Crippen LogP contribution in [0.2, 0.25) is 0 Å². The zero-order chi connectivity index (χ0) is 13.2. The molecule has 18 heavy (non-hydrogen) atoms. The quantitative estimate of drug-likeness (QED) is 0.800. The topological polar surface area (TPSA) is 70.8 Å². The zero-order valence-electron chi connectivity index (χ0n) is 10.6. The minimum absolute atomic E-state index is 0.216. The van der Waals surface area contributed by atoms with Gasteiger partial charge in [-0.1, -0.05) is 0 Å². The van der Waals surface area contributed by atoms with Crippen molar-refractivity contribution in [2.45, 2.75) is 18.4 Å². The molecule has 0 atom stereocenters. The number of benzene rings is 1. The Kier molecular flexibility index (Phi) is 3.43. The number of rotatable bonds is 5. The van der Waals surface area contributed by atoms with Gasteiger partial charge in [0.15, 0.2) is 11.5 Å². The van der Waals surface area contributed by atoms with Crippen LogP contribution >= 0.6 is 0 Å². The van der Waals surface area contributed by atoms with Gasteiger partial charge in [-0.3, -0.25) is 0 Å². The number of hydrogen-bond acceptors (Lipinski definition) is 5. The fraction of sp³-hybridized carbons (Fsp3) is 0.462. The van der Waals surface area contributed by atoms with Gasteiger partial charge >= 0.3 is 5.97 Å². The van der Waals surface area contributed by atoms with Crippen molar-refractivity contribution in [1.82, 2.24) is 0 Å². The first-order valence-corrected chi connectivity index (χ1v) is 5.76. The first-order valence-electron chi connectivity index (χ1n) is 5.76. The molecule has 1 aromatic carbocycles. The largest absolute Gasteiger partial charge is 0.493 e. The van der Waals surface area contributed by atoms with E-state index in [4.69, 9.17) is 15.2 Å². The lowest BCUT2D eigenvalue weighted by Crippen LogP contribution is -2.29. The molecule has 5 nitrogen and oxygen atoms in total. The standard InChI is InChI=1S/C13H17NO4/c1-16-10-4-3-9(12(15)17-2)7-11(10)18-8-13(14)5-6-13/h3-4,7H,5-6,8,14H2,1-2H3. The summed E-state index contributed by atoms with van der Waals surface area (Å²) in [5.74, 6) is 0.681. The van der Waals surface area contributed by atoms with Crippen LogP contribution in [-0.2, 0) is 4.74 Å². The highest BCUT2D eigenvalue weighted by Gasteiger charge is 2.39. The monoisotopic (exact) mass is 251 g/mol. The number of esters is 1. The van der Waals surface area contributed by atoms with E-state index < -0.39 is 5.97 Å². The predicted molar refractivity (Wildman–Crippen MR) is 66.0 cm³/mol. The van der Waals surface area contributed by atoms with Gasteiger partial charge in [-0.15, -0.1) is 0 Å². The zero-order valence-corrected chi connectivity index (χ0v) is 10.6. The van der Waals surface area contributed by atoms with Crippen molar-refractivity contribution in [1.29, 1.82) is 0 Å². The molecule has 1 aromatic rings. The molecule has 98 valence electrons. The van der Waals surface area contributed by atoms with Crippen LogP contribution in [0.5, 0.6) is 11.5 Å². The predicted octanol–water partition coefficient (Wildman–Crippen LogP) is 1.35. The smallest absolute Gasteiger partial charge is 0.337 e. The first-order chi connectivity index (χ1) is 8.58. The Morgan fingerprint density at radius 2 is 2.06 bits per heavy atom. The fourth-order valence-corrected chi connectivity index (χ4v) is 1.56. The van der Waals surface area contributed by atoms with Crippen LogP contribution in [0.3, 0.4) is 0 Å². The molecule has 0 aromatic heterocycles. The molecule has 0 heterocycles. The van der Waals surface area contributed by atoms with E-state index >= 15 is 0 Å². The van der Waals surface area contributed by atoms with Crippen LogP contribution in [0.4, 0.5) is 0 Å². The fourth-order valence-electron chi connectivity index (χ4n) is 1.56. The number of methoxy groups -OCH3 is 2. The number of hydrogen-bond donors (Lipinski definition) is 1. The van der Waals surface area contributed by atoms with Gasteiger partial charge in [-0.2, -0.15) is 0 Å². The molecular weight excluding hydrogens is 234 g/mol. The molecule has 0 saturated heterocycles. The lowest BCUT2D eigenvalue weighted by Gasteiger charge is -2.14. The maximum atomic E-state index is 11.4. The SMILES string of the molecule is COC(=O)c1ccc(OC)c(OCC2(N)CC2)c1. The number of nitrogens with two attached hydrogens (primary N) is 1. The van der Waals surface area contributed by atoms with Crippen LogP contribution < -0.4 is 15.2 Å². The van der Waals surface area contributed by atoms with Gasteiger partial charge in [0.05, 0.1) is 25.3 Å². The average Bonchev–Trinajstić information content (AvgIpc) is 3.13. The summed E-state index contributed by atoms with van der Waals surface area (Å²) in [6.45, 7) is 0.425. The summed E-state index contributed by atoms with van der Waals surface area (Å²) >= 11 is 0. The van der Waals surface area contributed by atoms with E-state index in [1.165, 1.54) is 7.11 Å². The molecular formula is C13H17NO4. The summed E-state index contributed by atoms with van der Waals surface area (Å²) < 4.78 is 15.5. The molecule has 2 rings (SSSR count). The highest BCUT2D eigenvalue weighted by atomic mass is 16.5. The van der Waals surface area contributed by atoms with E-state index in [2.05, 4.69) is 4.74 Å². The van der Waals surface area contributed by atoms with E-state index in [-0.39, 0.29) is 5.54 Å². The Balaban J connectivity index is 2.16. The Morgan fingerprint density at radius 3 is 2.61 bits per heavy atom. The Labute approximate surface area is 106 Å². The van der Waals surface area contributed by atoms with Gasteiger partial charge in [-0.25, -0.2) is 4.79 Å². The molecule has 0 spiro atoms. The second-order valence-corrected chi connectivity index (χ2v) is 4.51. The average molecular weight is 251 g/mol. The number of ether oxygens (including phenoxy) is 3. The second kappa shape index (κ2) is 4.86. The van der Waals surface area contributed by atoms with Gasteiger partial charge in [0.2, 0.25) is 0 Å². The van der Waals surface area contributed by atoms with Gasteiger partial charge in [-0.05, 0) is 31.0 Å². The summed E-state index contributed by atoms with van der Waals surface area (Å²) in [6.07, 6.45) is 1.93. The molecule has 0 aliphatic heterocycles. The van der Waals surface area contributed by atoms with Crippen molar-refractivity contribution in [2.75, 3.05) is 20.8 Å². The molecule has 1 saturated carbocycles. The van der Waals surface area contributed by atoms with E-state index in [1.54, 1.807) is 25.3 Å². The Hall–Kier alpha value is -1.75. The van der Waals surface area contributed by atoms with Crippen molar-refractivity contribution in [3.05, 3.63) is 23.8 Å². The van der Waals surface area contributed by atoms with Crippen LogP contribution in [-0.4, -0.2) is 32.3 Å². The molecule has 1 aliphatic rings. The van der Waals surface area contributed by atoms with Crippen LogP contribution in [0.1, 0.15) is 23.2 Å². The van der Waals surface area contributed by atoms with Crippen LogP contribution in [0, 0.1) is 0 Å². The summed E-state index contributed by atoms with van der Waals surface area (Å²) in [6, 6.07) is 4.92. The van der Waals surface area contributed by atoms with E-state index in [0.29, 0.717) is 23.7 Å². The van der Waals surface area contributed by atoms with Gasteiger partial charge in [0, 0.05) is 0 Å². The summed E-state index contributed by atoms with van der Waals surface area (Å²) in [4.78, 5) is 11.4. The van der Waals surface area contributed by atoms with E-state index in [1.807, 2.05) is 0 Å². The van der Waals surface area contributed by atoms with Crippen molar-refractivity contribution >= 4 is 5.97 Å². The molecule has 1 fully saturated rings. The highest BCUT2D eigenvalue weighted by molar-refractivity contribution is 5.90. The van der Waals surface area contributed by atoms with Crippen molar-refractivity contribution in [3.8, 4) is 11.5 Å². The summed E-state index contributed by atoms with van der Waals surface area (Å²) in [7, 11) is 2.89. The summed E-state index contributed by atoms with van der Waals surface area (Å²) in [5, 5.41) is 0. The molecule has 5 heteroatoms. The molecule has 0 unspecified atom stereocenters. The normalized spacial score (nSPS) is 15.9. The molecule has 2 N–H and O–H groups in total. The number of carbonyl (C=O) groups excluding carboxylic acids is 1. The third-order valence-corrected chi connectivity index (χ3v) is 2.99. The molecule has 0 amide bonds.